The highest BCUT2D eigenvalue weighted by molar-refractivity contribution is 9.10. The normalized spacial score (nSPS) is 11.7. The number of fused-ring (bicyclic) bond motifs is 1. The van der Waals surface area contributed by atoms with Gasteiger partial charge >= 0.3 is 5.97 Å². The molecule has 1 aromatic heterocycles. The van der Waals surface area contributed by atoms with Crippen LogP contribution in [0.1, 0.15) is 18.0 Å². The molecule has 0 spiro atoms. The molecule has 1 atom stereocenters. The van der Waals surface area contributed by atoms with E-state index in [-0.39, 0.29) is 18.9 Å². The van der Waals surface area contributed by atoms with E-state index in [0.29, 0.717) is 16.3 Å². The molecule has 3 rings (SSSR count). The second-order valence-corrected chi connectivity index (χ2v) is 7.51. The first kappa shape index (κ1) is 21.1. The number of nitrogens with zero attached hydrogens (tertiary/aromatic N) is 1. The maximum absolute atomic E-state index is 12.5. The monoisotopic (exact) mass is 476 g/mol. The molecule has 0 saturated heterocycles. The lowest BCUT2D eigenvalue weighted by Gasteiger charge is -2.19. The Morgan fingerprint density at radius 3 is 2.79 bits per heavy atom. The topological polar surface area (TPSA) is 77.5 Å². The number of carbonyl (C=O) groups is 2. The van der Waals surface area contributed by atoms with Crippen molar-refractivity contribution in [2.24, 2.45) is 0 Å². The van der Waals surface area contributed by atoms with Gasteiger partial charge in [-0.1, -0.05) is 39.7 Å². The summed E-state index contributed by atoms with van der Waals surface area (Å²) < 4.78 is 11.3. The fourth-order valence-corrected chi connectivity index (χ4v) is 3.47. The van der Waals surface area contributed by atoms with Crippen molar-refractivity contribution in [1.82, 2.24) is 10.3 Å². The number of esters is 1. The molecule has 1 N–H and O–H groups in total. The molecule has 1 amide bonds. The molecule has 0 aliphatic carbocycles. The zero-order valence-corrected chi connectivity index (χ0v) is 17.9. The van der Waals surface area contributed by atoms with Crippen LogP contribution in [0.25, 0.3) is 10.9 Å². The molecule has 6 nitrogen and oxygen atoms in total. The number of hydrogen-bond acceptors (Lipinski definition) is 5. The number of rotatable bonds is 7. The summed E-state index contributed by atoms with van der Waals surface area (Å²) in [4.78, 5) is 28.6. The molecular formula is C21H18BrClN2O4. The fourth-order valence-electron chi connectivity index (χ4n) is 2.83. The zero-order valence-electron chi connectivity index (χ0n) is 15.5. The highest BCUT2D eigenvalue weighted by Gasteiger charge is 2.20. The van der Waals surface area contributed by atoms with E-state index >= 15 is 0 Å². The Labute approximate surface area is 181 Å². The molecular weight excluding hydrogens is 460 g/mol. The Hall–Kier alpha value is -2.64. The van der Waals surface area contributed by atoms with Crippen molar-refractivity contribution < 1.29 is 19.1 Å². The number of benzene rings is 2. The fraction of sp³-hybridized carbons (Fsp3) is 0.190. The Morgan fingerprint density at radius 1 is 1.21 bits per heavy atom. The van der Waals surface area contributed by atoms with E-state index < -0.39 is 12.0 Å². The minimum Gasteiger partial charge on any atom is -0.481 e. The van der Waals surface area contributed by atoms with Crippen LogP contribution in [0.3, 0.4) is 0 Å². The van der Waals surface area contributed by atoms with Crippen LogP contribution in [0.2, 0.25) is 5.02 Å². The van der Waals surface area contributed by atoms with Crippen molar-refractivity contribution in [2.45, 2.75) is 12.5 Å². The Balaban J connectivity index is 1.72. The van der Waals surface area contributed by atoms with Crippen LogP contribution < -0.4 is 10.1 Å². The first-order valence-electron chi connectivity index (χ1n) is 8.75. The molecule has 0 radical (unpaired) electrons. The van der Waals surface area contributed by atoms with E-state index in [4.69, 9.17) is 21.1 Å². The third kappa shape index (κ3) is 5.46. The SMILES string of the molecule is COC(=O)CC(NC(=O)COc1ccc(Cl)c2cccnc12)c1cccc(Br)c1. The standard InChI is InChI=1S/C21H18BrClN2O4/c1-28-20(27)11-17(13-4-2-5-14(22)10-13)25-19(26)12-29-18-8-7-16(23)15-6-3-9-24-21(15)18/h2-10,17H,11-12H2,1H3,(H,25,26). The number of halogens is 2. The van der Waals surface area contributed by atoms with Gasteiger partial charge in [0.2, 0.25) is 0 Å². The second-order valence-electron chi connectivity index (χ2n) is 6.19. The molecule has 2 aromatic carbocycles. The van der Waals surface area contributed by atoms with Crippen LogP contribution in [0.5, 0.6) is 5.75 Å². The third-order valence-corrected chi connectivity index (χ3v) is 5.05. The van der Waals surface area contributed by atoms with Gasteiger partial charge < -0.3 is 14.8 Å². The van der Waals surface area contributed by atoms with E-state index in [0.717, 1.165) is 15.4 Å². The highest BCUT2D eigenvalue weighted by Crippen LogP contribution is 2.29. The zero-order chi connectivity index (χ0) is 20.8. The largest absolute Gasteiger partial charge is 0.481 e. The van der Waals surface area contributed by atoms with Gasteiger partial charge in [-0.25, -0.2) is 0 Å². The maximum Gasteiger partial charge on any atom is 0.307 e. The molecule has 0 aliphatic rings. The van der Waals surface area contributed by atoms with Gasteiger partial charge in [0.1, 0.15) is 11.3 Å². The van der Waals surface area contributed by atoms with Crippen LogP contribution in [0.15, 0.2) is 59.2 Å². The minimum absolute atomic E-state index is 0.00409. The van der Waals surface area contributed by atoms with Crippen LogP contribution in [0.4, 0.5) is 0 Å². The quantitative estimate of drug-likeness (QED) is 0.509. The second kappa shape index (κ2) is 9.71. The Morgan fingerprint density at radius 2 is 2.03 bits per heavy atom. The molecule has 0 bridgehead atoms. The lowest BCUT2D eigenvalue weighted by atomic mass is 10.0. The van der Waals surface area contributed by atoms with Gasteiger partial charge in [0.25, 0.3) is 5.91 Å². The van der Waals surface area contributed by atoms with Crippen LogP contribution in [-0.4, -0.2) is 30.6 Å². The molecule has 0 fully saturated rings. The molecule has 1 heterocycles. The number of hydrogen-bond donors (Lipinski definition) is 1. The van der Waals surface area contributed by atoms with Gasteiger partial charge in [-0.05, 0) is 42.0 Å². The predicted molar refractivity (Wildman–Crippen MR) is 114 cm³/mol. The molecule has 3 aromatic rings. The van der Waals surface area contributed by atoms with Crippen LogP contribution >= 0.6 is 27.5 Å². The molecule has 0 saturated carbocycles. The number of nitrogens with one attached hydrogen (secondary N) is 1. The van der Waals surface area contributed by atoms with Crippen molar-refractivity contribution in [3.8, 4) is 5.75 Å². The molecule has 29 heavy (non-hydrogen) atoms. The summed E-state index contributed by atoms with van der Waals surface area (Å²) in [6.07, 6.45) is 1.63. The van der Waals surface area contributed by atoms with Gasteiger partial charge in [0, 0.05) is 16.1 Å². The Kier molecular flexibility index (Phi) is 7.06. The molecule has 150 valence electrons. The maximum atomic E-state index is 12.5. The van der Waals surface area contributed by atoms with E-state index in [1.807, 2.05) is 30.3 Å². The summed E-state index contributed by atoms with van der Waals surface area (Å²) in [5.41, 5.74) is 1.35. The summed E-state index contributed by atoms with van der Waals surface area (Å²) in [6.45, 7) is -0.237. The van der Waals surface area contributed by atoms with Crippen LogP contribution in [0, 0.1) is 0 Å². The van der Waals surface area contributed by atoms with E-state index in [2.05, 4.69) is 26.2 Å². The lowest BCUT2D eigenvalue weighted by Crippen LogP contribution is -2.34. The van der Waals surface area contributed by atoms with Crippen molar-refractivity contribution in [1.29, 1.82) is 0 Å². The van der Waals surface area contributed by atoms with Crippen molar-refractivity contribution in [2.75, 3.05) is 13.7 Å². The minimum atomic E-state index is -0.545. The lowest BCUT2D eigenvalue weighted by molar-refractivity contribution is -0.141. The summed E-state index contributed by atoms with van der Waals surface area (Å²) >= 11 is 9.58. The highest BCUT2D eigenvalue weighted by atomic mass is 79.9. The number of carbonyl (C=O) groups excluding carboxylic acids is 2. The van der Waals surface area contributed by atoms with Gasteiger partial charge in [-0.3, -0.25) is 14.6 Å². The first-order valence-corrected chi connectivity index (χ1v) is 9.92. The van der Waals surface area contributed by atoms with Gasteiger partial charge in [0.15, 0.2) is 6.61 Å². The van der Waals surface area contributed by atoms with E-state index in [1.54, 1.807) is 24.4 Å². The molecule has 8 heteroatoms. The molecule has 1 unspecified atom stereocenters. The van der Waals surface area contributed by atoms with Gasteiger partial charge in [0.05, 0.1) is 24.6 Å². The number of ether oxygens (including phenoxy) is 2. The Bertz CT molecular complexity index is 1040. The average Bonchev–Trinajstić information content (AvgIpc) is 2.73. The van der Waals surface area contributed by atoms with Crippen LogP contribution in [-0.2, 0) is 14.3 Å². The van der Waals surface area contributed by atoms with E-state index in [9.17, 15) is 9.59 Å². The predicted octanol–water partition coefficient (Wildman–Crippen LogP) is 4.45. The van der Waals surface area contributed by atoms with Crippen molar-refractivity contribution in [3.05, 3.63) is 69.8 Å². The van der Waals surface area contributed by atoms with E-state index in [1.165, 1.54) is 7.11 Å². The summed E-state index contributed by atoms with van der Waals surface area (Å²) in [6, 6.07) is 13.8. The summed E-state index contributed by atoms with van der Waals surface area (Å²) in [7, 11) is 1.31. The van der Waals surface area contributed by atoms with Gasteiger partial charge in [-0.2, -0.15) is 0 Å². The average molecular weight is 478 g/mol. The van der Waals surface area contributed by atoms with Crippen molar-refractivity contribution in [3.63, 3.8) is 0 Å². The summed E-state index contributed by atoms with van der Waals surface area (Å²) in [5, 5.41) is 4.12. The number of amides is 1. The first-order chi connectivity index (χ1) is 14.0. The third-order valence-electron chi connectivity index (χ3n) is 4.22. The van der Waals surface area contributed by atoms with Gasteiger partial charge in [-0.15, -0.1) is 0 Å². The smallest absolute Gasteiger partial charge is 0.307 e. The van der Waals surface area contributed by atoms with Crippen molar-refractivity contribution >= 4 is 50.3 Å². The molecule has 0 aliphatic heterocycles. The summed E-state index contributed by atoms with van der Waals surface area (Å²) in [5.74, 6) is -0.353. The number of pyridine rings is 1. The number of methoxy groups -OCH3 is 1. The number of aromatic nitrogens is 1.